The monoisotopic (exact) mass is 285 g/mol. The van der Waals surface area contributed by atoms with Crippen LogP contribution in [0, 0.1) is 0 Å². The van der Waals surface area contributed by atoms with Crippen LogP contribution >= 0.6 is 22.9 Å². The number of halogens is 1. The summed E-state index contributed by atoms with van der Waals surface area (Å²) in [6.07, 6.45) is 5.01. The first kappa shape index (κ1) is 12.2. The van der Waals surface area contributed by atoms with Gasteiger partial charge in [-0.25, -0.2) is 0 Å². The molecule has 0 aromatic heterocycles. The van der Waals surface area contributed by atoms with Crippen molar-refractivity contribution in [3.8, 4) is 0 Å². The van der Waals surface area contributed by atoms with E-state index in [9.17, 15) is 4.79 Å². The maximum atomic E-state index is 10.8. The van der Waals surface area contributed by atoms with Crippen LogP contribution in [0.25, 0.3) is 0 Å². The summed E-state index contributed by atoms with van der Waals surface area (Å²) >= 11 is 1.87. The highest BCUT2D eigenvalue weighted by Gasteiger charge is 1.97. The second kappa shape index (κ2) is 9.25. The van der Waals surface area contributed by atoms with Crippen LogP contribution < -0.4 is 3.53 Å². The number of hydrogen-bond donors (Lipinski definition) is 1. The molecule has 0 aromatic rings. The molecule has 12 heavy (non-hydrogen) atoms. The number of carbonyl (C=O) groups is 1. The van der Waals surface area contributed by atoms with Gasteiger partial charge >= 0.3 is 0 Å². The van der Waals surface area contributed by atoms with Crippen molar-refractivity contribution in [2.75, 3.05) is 13.7 Å². The number of amides is 1. The van der Waals surface area contributed by atoms with Crippen LogP contribution in [0.4, 0.5) is 0 Å². The van der Waals surface area contributed by atoms with E-state index in [0.29, 0.717) is 6.42 Å². The van der Waals surface area contributed by atoms with Crippen LogP contribution in [0.5, 0.6) is 0 Å². The van der Waals surface area contributed by atoms with Gasteiger partial charge in [0.25, 0.3) is 0 Å². The number of hydrogen-bond acceptors (Lipinski definition) is 2. The minimum atomic E-state index is 0.127. The fourth-order valence-electron chi connectivity index (χ4n) is 0.933. The van der Waals surface area contributed by atoms with E-state index >= 15 is 0 Å². The molecule has 0 spiro atoms. The second-order valence-electron chi connectivity index (χ2n) is 2.67. The summed E-state index contributed by atoms with van der Waals surface area (Å²) in [5.74, 6) is 0.127. The molecule has 0 saturated heterocycles. The lowest BCUT2D eigenvalue weighted by Crippen LogP contribution is -2.10. The van der Waals surface area contributed by atoms with Crippen molar-refractivity contribution in [1.29, 1.82) is 0 Å². The SMILES string of the molecule is COCCCCCCC(=O)NI. The molecule has 0 rings (SSSR count). The summed E-state index contributed by atoms with van der Waals surface area (Å²) in [6.45, 7) is 0.832. The highest BCUT2D eigenvalue weighted by Crippen LogP contribution is 2.03. The Morgan fingerprint density at radius 3 is 2.58 bits per heavy atom. The van der Waals surface area contributed by atoms with Crippen molar-refractivity contribution in [1.82, 2.24) is 3.53 Å². The minimum absolute atomic E-state index is 0.127. The first-order valence-corrected chi connectivity index (χ1v) is 5.27. The fourth-order valence-corrected chi connectivity index (χ4v) is 1.20. The molecular weight excluding hydrogens is 269 g/mol. The van der Waals surface area contributed by atoms with Gasteiger partial charge in [-0.05, 0) is 12.8 Å². The molecular formula is C8H16INO2. The Morgan fingerprint density at radius 1 is 1.33 bits per heavy atom. The number of carbonyl (C=O) groups excluding carboxylic acids is 1. The van der Waals surface area contributed by atoms with E-state index in [-0.39, 0.29) is 5.91 Å². The molecule has 0 radical (unpaired) electrons. The van der Waals surface area contributed by atoms with Gasteiger partial charge in [0, 0.05) is 20.1 Å². The summed E-state index contributed by atoms with van der Waals surface area (Å²) in [4.78, 5) is 10.8. The Kier molecular flexibility index (Phi) is 9.37. The number of rotatable bonds is 7. The minimum Gasteiger partial charge on any atom is -0.385 e. The zero-order chi connectivity index (χ0) is 9.23. The highest BCUT2D eigenvalue weighted by atomic mass is 127. The van der Waals surface area contributed by atoms with Crippen molar-refractivity contribution in [3.05, 3.63) is 0 Å². The summed E-state index contributed by atoms with van der Waals surface area (Å²) in [7, 11) is 1.71. The van der Waals surface area contributed by atoms with Crippen LogP contribution in [0.1, 0.15) is 32.1 Å². The lowest BCUT2D eigenvalue weighted by molar-refractivity contribution is -0.118. The molecule has 0 aromatic carbocycles. The second-order valence-corrected chi connectivity index (χ2v) is 3.21. The predicted molar refractivity (Wildman–Crippen MR) is 57.1 cm³/mol. The summed E-state index contributed by atoms with van der Waals surface area (Å²) < 4.78 is 7.48. The molecule has 0 bridgehead atoms. The van der Waals surface area contributed by atoms with Crippen LogP contribution in [0.3, 0.4) is 0 Å². The topological polar surface area (TPSA) is 38.3 Å². The van der Waals surface area contributed by atoms with Crippen molar-refractivity contribution >= 4 is 28.8 Å². The van der Waals surface area contributed by atoms with Gasteiger partial charge in [0.15, 0.2) is 0 Å². The van der Waals surface area contributed by atoms with E-state index in [2.05, 4.69) is 3.53 Å². The number of nitrogens with one attached hydrogen (secondary N) is 1. The Labute approximate surface area is 87.7 Å². The molecule has 0 saturated carbocycles. The molecule has 0 aliphatic heterocycles. The van der Waals surface area contributed by atoms with Gasteiger partial charge < -0.3 is 4.74 Å². The Morgan fingerprint density at radius 2 is 2.00 bits per heavy atom. The van der Waals surface area contributed by atoms with E-state index in [1.165, 1.54) is 0 Å². The van der Waals surface area contributed by atoms with Crippen LogP contribution in [0.15, 0.2) is 0 Å². The third-order valence-corrected chi connectivity index (χ3v) is 2.21. The molecule has 1 N–H and O–H groups in total. The number of methoxy groups -OCH3 is 1. The first-order valence-electron chi connectivity index (χ1n) is 4.19. The summed E-state index contributed by atoms with van der Waals surface area (Å²) in [6, 6.07) is 0. The quantitative estimate of drug-likeness (QED) is 0.441. The smallest absolute Gasteiger partial charge is 0.228 e. The van der Waals surface area contributed by atoms with Gasteiger partial charge in [-0.2, -0.15) is 0 Å². The zero-order valence-electron chi connectivity index (χ0n) is 7.44. The largest absolute Gasteiger partial charge is 0.385 e. The van der Waals surface area contributed by atoms with Crippen molar-refractivity contribution in [2.45, 2.75) is 32.1 Å². The van der Waals surface area contributed by atoms with E-state index in [4.69, 9.17) is 4.74 Å². The molecule has 0 atom stereocenters. The van der Waals surface area contributed by atoms with E-state index in [1.54, 1.807) is 7.11 Å². The van der Waals surface area contributed by atoms with E-state index in [1.807, 2.05) is 22.9 Å². The normalized spacial score (nSPS) is 9.83. The first-order chi connectivity index (χ1) is 5.81. The molecule has 0 heterocycles. The maximum Gasteiger partial charge on any atom is 0.228 e. The fraction of sp³-hybridized carbons (Fsp3) is 0.875. The van der Waals surface area contributed by atoms with Crippen LogP contribution in [-0.2, 0) is 9.53 Å². The highest BCUT2D eigenvalue weighted by molar-refractivity contribution is 14.1. The molecule has 0 fully saturated rings. The number of ether oxygens (including phenoxy) is 1. The molecule has 0 aliphatic rings. The molecule has 4 heteroatoms. The van der Waals surface area contributed by atoms with Gasteiger partial charge in [-0.1, -0.05) is 12.8 Å². The molecule has 0 unspecified atom stereocenters. The van der Waals surface area contributed by atoms with Crippen molar-refractivity contribution in [3.63, 3.8) is 0 Å². The summed E-state index contributed by atoms with van der Waals surface area (Å²) in [5.41, 5.74) is 0. The third kappa shape index (κ3) is 8.26. The molecule has 72 valence electrons. The van der Waals surface area contributed by atoms with Gasteiger partial charge in [0.05, 0.1) is 22.9 Å². The Hall–Kier alpha value is 0.160. The average Bonchev–Trinajstić information content (AvgIpc) is 2.10. The molecule has 1 amide bonds. The van der Waals surface area contributed by atoms with Gasteiger partial charge in [0.2, 0.25) is 5.91 Å². The summed E-state index contributed by atoms with van der Waals surface area (Å²) in [5, 5.41) is 0. The third-order valence-electron chi connectivity index (χ3n) is 1.61. The average molecular weight is 285 g/mol. The van der Waals surface area contributed by atoms with E-state index in [0.717, 1.165) is 32.3 Å². The van der Waals surface area contributed by atoms with Crippen LogP contribution in [-0.4, -0.2) is 19.6 Å². The van der Waals surface area contributed by atoms with Crippen molar-refractivity contribution in [2.24, 2.45) is 0 Å². The Bertz CT molecular complexity index is 120. The Balaban J connectivity index is 2.95. The van der Waals surface area contributed by atoms with Gasteiger partial charge in [-0.15, -0.1) is 0 Å². The lowest BCUT2D eigenvalue weighted by Gasteiger charge is -1.99. The predicted octanol–water partition coefficient (Wildman–Crippen LogP) is 2.05. The van der Waals surface area contributed by atoms with Crippen molar-refractivity contribution < 1.29 is 9.53 Å². The van der Waals surface area contributed by atoms with Gasteiger partial charge in [0.1, 0.15) is 0 Å². The molecule has 0 aliphatic carbocycles. The standard InChI is InChI=1S/C8H16INO2/c1-12-7-5-3-2-4-6-8(11)10-9/h2-7H2,1H3,(H,10,11). The van der Waals surface area contributed by atoms with E-state index < -0.39 is 0 Å². The molecule has 3 nitrogen and oxygen atoms in total. The zero-order valence-corrected chi connectivity index (χ0v) is 9.59. The van der Waals surface area contributed by atoms with Crippen LogP contribution in [0.2, 0.25) is 0 Å². The maximum absolute atomic E-state index is 10.8. The number of unbranched alkanes of at least 4 members (excludes halogenated alkanes) is 3. The lowest BCUT2D eigenvalue weighted by atomic mass is 10.1. The van der Waals surface area contributed by atoms with Gasteiger partial charge in [-0.3, -0.25) is 8.32 Å².